The van der Waals surface area contributed by atoms with E-state index in [9.17, 15) is 0 Å². The molecule has 18 heavy (non-hydrogen) atoms. The molecule has 0 radical (unpaired) electrons. The summed E-state index contributed by atoms with van der Waals surface area (Å²) in [6.45, 7) is 8.02. The van der Waals surface area contributed by atoms with E-state index in [4.69, 9.17) is 4.74 Å². The molecule has 100 valence electrons. The summed E-state index contributed by atoms with van der Waals surface area (Å²) in [4.78, 5) is 8.98. The monoisotopic (exact) mass is 313 g/mol. The van der Waals surface area contributed by atoms with Crippen molar-refractivity contribution in [3.05, 3.63) is 16.5 Å². The van der Waals surface area contributed by atoms with Crippen LogP contribution in [0, 0.1) is 0 Å². The molecular formula is C13H20BrN3O. The van der Waals surface area contributed by atoms with E-state index in [0.29, 0.717) is 6.10 Å². The van der Waals surface area contributed by atoms with E-state index in [1.165, 1.54) is 0 Å². The van der Waals surface area contributed by atoms with Crippen molar-refractivity contribution >= 4 is 21.7 Å². The lowest BCUT2D eigenvalue weighted by molar-refractivity contribution is 0.120. The molecular weight excluding hydrogens is 294 g/mol. The first-order valence-electron chi connectivity index (χ1n) is 6.36. The molecule has 0 amide bonds. The zero-order valence-corrected chi connectivity index (χ0v) is 12.7. The van der Waals surface area contributed by atoms with Crippen LogP contribution >= 0.6 is 15.9 Å². The Morgan fingerprint density at radius 3 is 2.83 bits per heavy atom. The molecule has 1 atom stereocenters. The van der Waals surface area contributed by atoms with Gasteiger partial charge in [0.2, 0.25) is 0 Å². The predicted octanol–water partition coefficient (Wildman–Crippen LogP) is 3.13. The van der Waals surface area contributed by atoms with Gasteiger partial charge in [-0.1, -0.05) is 20.8 Å². The third-order valence-corrected chi connectivity index (χ3v) is 3.31. The van der Waals surface area contributed by atoms with Crippen molar-refractivity contribution in [2.45, 2.75) is 45.1 Å². The Morgan fingerprint density at radius 2 is 2.22 bits per heavy atom. The molecule has 1 unspecified atom stereocenters. The molecule has 2 heterocycles. The van der Waals surface area contributed by atoms with Gasteiger partial charge in [-0.05, 0) is 28.8 Å². The van der Waals surface area contributed by atoms with E-state index >= 15 is 0 Å². The lowest BCUT2D eigenvalue weighted by atomic mass is 9.96. The number of anilines is 1. The number of nitrogens with zero attached hydrogens (tertiary/aromatic N) is 2. The van der Waals surface area contributed by atoms with Crippen molar-refractivity contribution in [3.8, 4) is 0 Å². The fraction of sp³-hybridized carbons (Fsp3) is 0.692. The maximum atomic E-state index is 5.58. The van der Waals surface area contributed by atoms with E-state index in [0.717, 1.165) is 42.2 Å². The normalized spacial score (nSPS) is 20.1. The molecule has 1 aromatic rings. The Morgan fingerprint density at radius 1 is 1.44 bits per heavy atom. The van der Waals surface area contributed by atoms with E-state index in [2.05, 4.69) is 52.0 Å². The van der Waals surface area contributed by atoms with Crippen LogP contribution in [0.25, 0.3) is 0 Å². The fourth-order valence-electron chi connectivity index (χ4n) is 1.87. The van der Waals surface area contributed by atoms with Gasteiger partial charge in [-0.15, -0.1) is 0 Å². The molecule has 1 aliphatic heterocycles. The summed E-state index contributed by atoms with van der Waals surface area (Å²) < 4.78 is 6.40. The topological polar surface area (TPSA) is 47.0 Å². The van der Waals surface area contributed by atoms with Crippen molar-refractivity contribution in [2.24, 2.45) is 0 Å². The van der Waals surface area contributed by atoms with Gasteiger partial charge in [-0.2, -0.15) is 0 Å². The predicted molar refractivity (Wildman–Crippen MR) is 75.9 cm³/mol. The molecule has 0 bridgehead atoms. The van der Waals surface area contributed by atoms with Crippen LogP contribution in [0.1, 0.15) is 39.4 Å². The van der Waals surface area contributed by atoms with Crippen molar-refractivity contribution in [1.82, 2.24) is 9.97 Å². The number of nitrogens with one attached hydrogen (secondary N) is 1. The zero-order chi connectivity index (χ0) is 13.2. The first-order valence-corrected chi connectivity index (χ1v) is 7.15. The van der Waals surface area contributed by atoms with Crippen molar-refractivity contribution in [2.75, 3.05) is 18.5 Å². The maximum absolute atomic E-state index is 5.58. The SMILES string of the molecule is CC(C)(C)c1nc(Br)cc(NCC2CCCO2)n1. The van der Waals surface area contributed by atoms with E-state index < -0.39 is 0 Å². The molecule has 1 fully saturated rings. The van der Waals surface area contributed by atoms with Gasteiger partial charge in [0, 0.05) is 24.6 Å². The van der Waals surface area contributed by atoms with E-state index in [-0.39, 0.29) is 5.41 Å². The fourth-order valence-corrected chi connectivity index (χ4v) is 2.25. The molecule has 1 N–H and O–H groups in total. The second kappa shape index (κ2) is 5.53. The maximum Gasteiger partial charge on any atom is 0.137 e. The summed E-state index contributed by atoms with van der Waals surface area (Å²) in [7, 11) is 0. The second-order valence-electron chi connectivity index (χ2n) is 5.67. The van der Waals surface area contributed by atoms with E-state index in [1.54, 1.807) is 0 Å². The average molecular weight is 314 g/mol. The molecule has 1 aliphatic rings. The Balaban J connectivity index is 2.05. The summed E-state index contributed by atoms with van der Waals surface area (Å²) in [5, 5.41) is 3.33. The largest absolute Gasteiger partial charge is 0.376 e. The highest BCUT2D eigenvalue weighted by Crippen LogP contribution is 2.22. The Labute approximate surface area is 117 Å². The van der Waals surface area contributed by atoms with Crippen LogP contribution in [0.3, 0.4) is 0 Å². The number of ether oxygens (including phenoxy) is 1. The minimum Gasteiger partial charge on any atom is -0.376 e. The first kappa shape index (κ1) is 13.7. The summed E-state index contributed by atoms with van der Waals surface area (Å²) in [5.41, 5.74) is -0.0515. The minimum atomic E-state index is -0.0515. The van der Waals surface area contributed by atoms with Crippen LogP contribution in [0.4, 0.5) is 5.82 Å². The van der Waals surface area contributed by atoms with Gasteiger partial charge in [-0.3, -0.25) is 0 Å². The molecule has 4 nitrogen and oxygen atoms in total. The van der Waals surface area contributed by atoms with Crippen molar-refractivity contribution in [1.29, 1.82) is 0 Å². The minimum absolute atomic E-state index is 0.0515. The van der Waals surface area contributed by atoms with Gasteiger partial charge in [-0.25, -0.2) is 9.97 Å². The Bertz CT molecular complexity index is 411. The highest BCUT2D eigenvalue weighted by Gasteiger charge is 2.19. The molecule has 0 saturated carbocycles. The molecule has 1 saturated heterocycles. The lowest BCUT2D eigenvalue weighted by Crippen LogP contribution is -2.21. The van der Waals surface area contributed by atoms with Crippen LogP contribution in [-0.4, -0.2) is 29.2 Å². The smallest absolute Gasteiger partial charge is 0.137 e. The van der Waals surface area contributed by atoms with Crippen LogP contribution in [0.15, 0.2) is 10.7 Å². The molecule has 0 spiro atoms. The van der Waals surface area contributed by atoms with Crippen LogP contribution in [0.5, 0.6) is 0 Å². The Kier molecular flexibility index (Phi) is 4.22. The average Bonchev–Trinajstić information content (AvgIpc) is 2.77. The van der Waals surface area contributed by atoms with Crippen molar-refractivity contribution in [3.63, 3.8) is 0 Å². The molecule has 1 aromatic heterocycles. The molecule has 0 aliphatic carbocycles. The summed E-state index contributed by atoms with van der Waals surface area (Å²) in [6.07, 6.45) is 2.61. The highest BCUT2D eigenvalue weighted by molar-refractivity contribution is 9.10. The molecule has 2 rings (SSSR count). The molecule has 0 aromatic carbocycles. The number of hydrogen-bond donors (Lipinski definition) is 1. The number of aromatic nitrogens is 2. The van der Waals surface area contributed by atoms with Gasteiger partial charge in [0.15, 0.2) is 0 Å². The van der Waals surface area contributed by atoms with Gasteiger partial charge in [0.25, 0.3) is 0 Å². The van der Waals surface area contributed by atoms with Gasteiger partial charge in [0.1, 0.15) is 16.2 Å². The lowest BCUT2D eigenvalue weighted by Gasteiger charge is -2.18. The molecule has 5 heteroatoms. The van der Waals surface area contributed by atoms with Gasteiger partial charge >= 0.3 is 0 Å². The highest BCUT2D eigenvalue weighted by atomic mass is 79.9. The number of hydrogen-bond acceptors (Lipinski definition) is 4. The Hall–Kier alpha value is -0.680. The number of rotatable bonds is 3. The first-order chi connectivity index (χ1) is 8.45. The van der Waals surface area contributed by atoms with Crippen molar-refractivity contribution < 1.29 is 4.74 Å². The van der Waals surface area contributed by atoms with Crippen LogP contribution in [-0.2, 0) is 10.2 Å². The quantitative estimate of drug-likeness (QED) is 0.871. The third-order valence-electron chi connectivity index (χ3n) is 2.90. The standard InChI is InChI=1S/C13H20BrN3O/c1-13(2,3)12-16-10(14)7-11(17-12)15-8-9-5-4-6-18-9/h7,9H,4-6,8H2,1-3H3,(H,15,16,17). The van der Waals surface area contributed by atoms with Crippen LogP contribution < -0.4 is 5.32 Å². The second-order valence-corrected chi connectivity index (χ2v) is 6.48. The third kappa shape index (κ3) is 3.65. The summed E-state index contributed by atoms with van der Waals surface area (Å²) in [5.74, 6) is 1.70. The van der Waals surface area contributed by atoms with Gasteiger partial charge in [0.05, 0.1) is 6.10 Å². The summed E-state index contributed by atoms with van der Waals surface area (Å²) >= 11 is 3.44. The van der Waals surface area contributed by atoms with E-state index in [1.807, 2.05) is 6.07 Å². The number of halogens is 1. The van der Waals surface area contributed by atoms with Gasteiger partial charge < -0.3 is 10.1 Å². The zero-order valence-electron chi connectivity index (χ0n) is 11.2. The van der Waals surface area contributed by atoms with Crippen LogP contribution in [0.2, 0.25) is 0 Å². The summed E-state index contributed by atoms with van der Waals surface area (Å²) in [6, 6.07) is 1.91.